The van der Waals surface area contributed by atoms with E-state index < -0.39 is 11.4 Å². The van der Waals surface area contributed by atoms with E-state index in [0.29, 0.717) is 28.7 Å². The summed E-state index contributed by atoms with van der Waals surface area (Å²) in [6.45, 7) is 9.55. The lowest BCUT2D eigenvalue weighted by atomic mass is 9.78. The summed E-state index contributed by atoms with van der Waals surface area (Å²) in [6, 6.07) is 7.54. The Morgan fingerprint density at radius 1 is 1.26 bits per heavy atom. The molecule has 0 saturated carbocycles. The molecule has 4 rings (SSSR count). The van der Waals surface area contributed by atoms with Crippen molar-refractivity contribution in [2.45, 2.75) is 58.5 Å². The van der Waals surface area contributed by atoms with Gasteiger partial charge in [0.15, 0.2) is 17.2 Å². The molecule has 2 aromatic rings. The Hall–Kier alpha value is -2.81. The van der Waals surface area contributed by atoms with E-state index in [9.17, 15) is 9.90 Å². The molecule has 0 aromatic heterocycles. The minimum Gasteiger partial charge on any atom is -0.506 e. The highest BCUT2D eigenvalue weighted by atomic mass is 16.8. The summed E-state index contributed by atoms with van der Waals surface area (Å²) >= 11 is 0. The van der Waals surface area contributed by atoms with E-state index in [-0.39, 0.29) is 23.6 Å². The quantitative estimate of drug-likeness (QED) is 0.531. The van der Waals surface area contributed by atoms with Gasteiger partial charge in [0.1, 0.15) is 11.5 Å². The van der Waals surface area contributed by atoms with Crippen LogP contribution in [0.2, 0.25) is 0 Å². The highest BCUT2D eigenvalue weighted by Crippen LogP contribution is 2.42. The molecule has 1 fully saturated rings. The monoisotopic (exact) mass is 420 g/mol. The number of hydrogen-bond donors (Lipinski definition) is 1. The zero-order valence-corrected chi connectivity index (χ0v) is 18.8. The van der Waals surface area contributed by atoms with Gasteiger partial charge in [-0.2, -0.15) is 0 Å². The van der Waals surface area contributed by atoms with E-state index in [4.69, 9.17) is 14.2 Å². The SMILES string of the molecule is COc1cccc2cc3c(c(O)c12)C(=O)/C(=C/C#CC1(C)OC(C)(C)OC1C)C(C)C3. The van der Waals surface area contributed by atoms with Crippen LogP contribution in [0.3, 0.4) is 0 Å². The zero-order chi connectivity index (χ0) is 22.6. The van der Waals surface area contributed by atoms with Crippen molar-refractivity contribution in [3.05, 3.63) is 47.0 Å². The van der Waals surface area contributed by atoms with Gasteiger partial charge in [-0.15, -0.1) is 0 Å². The average molecular weight is 421 g/mol. The molecule has 2 aromatic carbocycles. The molecule has 3 unspecified atom stereocenters. The third kappa shape index (κ3) is 3.60. The van der Waals surface area contributed by atoms with Crippen molar-refractivity contribution in [3.63, 3.8) is 0 Å². The van der Waals surface area contributed by atoms with Gasteiger partial charge in [-0.3, -0.25) is 4.79 Å². The van der Waals surface area contributed by atoms with Gasteiger partial charge in [-0.25, -0.2) is 0 Å². The van der Waals surface area contributed by atoms with Gasteiger partial charge < -0.3 is 19.3 Å². The van der Waals surface area contributed by atoms with E-state index in [1.807, 2.05) is 52.8 Å². The summed E-state index contributed by atoms with van der Waals surface area (Å²) in [7, 11) is 1.55. The summed E-state index contributed by atoms with van der Waals surface area (Å²) in [5, 5.41) is 12.4. The van der Waals surface area contributed by atoms with E-state index >= 15 is 0 Å². The molecular formula is C26H28O5. The number of ketones is 1. The minimum atomic E-state index is -0.759. The Bertz CT molecular complexity index is 1160. The number of aromatic hydroxyl groups is 1. The van der Waals surface area contributed by atoms with Crippen LogP contribution in [0.1, 0.15) is 50.5 Å². The van der Waals surface area contributed by atoms with Crippen molar-refractivity contribution >= 4 is 16.6 Å². The number of methoxy groups -OCH3 is 1. The van der Waals surface area contributed by atoms with Gasteiger partial charge in [0.05, 0.1) is 24.2 Å². The first kappa shape index (κ1) is 21.4. The first-order valence-corrected chi connectivity index (χ1v) is 10.5. The highest BCUT2D eigenvalue weighted by Gasteiger charge is 2.47. The number of phenols is 1. The maximum Gasteiger partial charge on any atom is 0.193 e. The lowest BCUT2D eigenvalue weighted by Gasteiger charge is -2.25. The molecule has 1 saturated heterocycles. The van der Waals surface area contributed by atoms with Crippen LogP contribution in [0.15, 0.2) is 35.9 Å². The van der Waals surface area contributed by atoms with Crippen LogP contribution >= 0.6 is 0 Å². The molecule has 1 N–H and O–H groups in total. The number of benzene rings is 2. The maximum atomic E-state index is 13.4. The first-order chi connectivity index (χ1) is 14.6. The van der Waals surface area contributed by atoms with Crippen LogP contribution in [-0.4, -0.2) is 35.5 Å². The van der Waals surface area contributed by atoms with Crippen molar-refractivity contribution in [1.29, 1.82) is 0 Å². The maximum absolute atomic E-state index is 13.4. The smallest absolute Gasteiger partial charge is 0.193 e. The number of allylic oxidation sites excluding steroid dienone is 2. The fourth-order valence-electron chi connectivity index (χ4n) is 4.60. The lowest BCUT2D eigenvalue weighted by Crippen LogP contribution is -2.33. The number of carbonyl (C=O) groups is 1. The normalized spacial score (nSPS) is 28.3. The van der Waals surface area contributed by atoms with Crippen LogP contribution in [-0.2, 0) is 15.9 Å². The van der Waals surface area contributed by atoms with Gasteiger partial charge >= 0.3 is 0 Å². The standard InChI is InChI=1S/C26H28O5/c1-15-13-18-14-17-9-7-11-20(29-6)21(17)24(28)22(18)23(27)19(15)10-8-12-26(5)16(2)30-25(3,4)31-26/h7,9-11,14-16,28H,13H2,1-6H3/b19-10+. The minimum absolute atomic E-state index is 0.0147. The van der Waals surface area contributed by atoms with Crippen molar-refractivity contribution in [2.24, 2.45) is 5.92 Å². The predicted octanol–water partition coefficient (Wildman–Crippen LogP) is 4.79. The van der Waals surface area contributed by atoms with Crippen molar-refractivity contribution < 1.29 is 24.1 Å². The molecule has 0 bridgehead atoms. The lowest BCUT2D eigenvalue weighted by molar-refractivity contribution is -0.151. The Balaban J connectivity index is 1.75. The molecule has 5 heteroatoms. The Kier molecular flexibility index (Phi) is 5.12. The van der Waals surface area contributed by atoms with E-state index in [1.165, 1.54) is 0 Å². The van der Waals surface area contributed by atoms with Gasteiger partial charge in [-0.1, -0.05) is 30.9 Å². The molecule has 1 aliphatic heterocycles. The summed E-state index contributed by atoms with van der Waals surface area (Å²) in [6.07, 6.45) is 2.11. The zero-order valence-electron chi connectivity index (χ0n) is 18.8. The summed E-state index contributed by atoms with van der Waals surface area (Å²) in [4.78, 5) is 13.4. The molecule has 0 radical (unpaired) electrons. The molecule has 162 valence electrons. The van der Waals surface area contributed by atoms with Gasteiger partial charge in [0.25, 0.3) is 0 Å². The fourth-order valence-corrected chi connectivity index (χ4v) is 4.60. The second-order valence-electron chi connectivity index (χ2n) is 8.99. The molecule has 31 heavy (non-hydrogen) atoms. The van der Waals surface area contributed by atoms with E-state index in [2.05, 4.69) is 11.8 Å². The molecule has 1 aliphatic carbocycles. The summed E-state index contributed by atoms with van der Waals surface area (Å²) in [5.41, 5.74) is 1.00. The molecule has 3 atom stereocenters. The third-order valence-corrected chi connectivity index (χ3v) is 6.19. The average Bonchev–Trinajstić information content (AvgIpc) is 2.90. The molecule has 5 nitrogen and oxygen atoms in total. The highest BCUT2D eigenvalue weighted by molar-refractivity contribution is 6.16. The van der Waals surface area contributed by atoms with Crippen LogP contribution in [0.5, 0.6) is 11.5 Å². The van der Waals surface area contributed by atoms with Crippen LogP contribution in [0.4, 0.5) is 0 Å². The van der Waals surface area contributed by atoms with Crippen LogP contribution in [0, 0.1) is 17.8 Å². The molecule has 0 spiro atoms. The predicted molar refractivity (Wildman–Crippen MR) is 119 cm³/mol. The van der Waals surface area contributed by atoms with Gasteiger partial charge in [-0.05, 0) is 69.2 Å². The van der Waals surface area contributed by atoms with E-state index in [1.54, 1.807) is 19.3 Å². The van der Waals surface area contributed by atoms with Crippen molar-refractivity contribution in [2.75, 3.05) is 7.11 Å². The Labute approximate surface area is 183 Å². The summed E-state index contributed by atoms with van der Waals surface area (Å²) < 4.78 is 17.2. The first-order valence-electron chi connectivity index (χ1n) is 10.5. The number of phenolic OH excluding ortho intramolecular Hbond substituents is 1. The van der Waals surface area contributed by atoms with Gasteiger partial charge in [0.2, 0.25) is 0 Å². The number of rotatable bonds is 1. The number of carbonyl (C=O) groups excluding carboxylic acids is 1. The largest absolute Gasteiger partial charge is 0.506 e. The molecule has 2 aliphatic rings. The molecular weight excluding hydrogens is 392 g/mol. The topological polar surface area (TPSA) is 65.0 Å². The van der Waals surface area contributed by atoms with Crippen molar-refractivity contribution in [3.8, 4) is 23.3 Å². The number of fused-ring (bicyclic) bond motifs is 2. The number of ether oxygens (including phenoxy) is 3. The molecule has 0 amide bonds. The van der Waals surface area contributed by atoms with Crippen LogP contribution in [0.25, 0.3) is 10.8 Å². The number of Topliss-reactive ketones (excluding diaryl/α,β-unsaturated/α-hetero) is 1. The fraction of sp³-hybridized carbons (Fsp3) is 0.423. The van der Waals surface area contributed by atoms with Crippen molar-refractivity contribution in [1.82, 2.24) is 0 Å². The second kappa shape index (κ2) is 7.40. The Morgan fingerprint density at radius 3 is 2.65 bits per heavy atom. The van der Waals surface area contributed by atoms with Crippen LogP contribution < -0.4 is 4.74 Å². The third-order valence-electron chi connectivity index (χ3n) is 6.19. The second-order valence-corrected chi connectivity index (χ2v) is 8.99. The Morgan fingerprint density at radius 2 is 2.00 bits per heavy atom. The molecule has 1 heterocycles. The van der Waals surface area contributed by atoms with Gasteiger partial charge in [0, 0.05) is 5.57 Å². The summed E-state index contributed by atoms with van der Waals surface area (Å²) in [5.74, 6) is 5.76. The van der Waals surface area contributed by atoms with E-state index in [0.717, 1.165) is 10.9 Å². The number of hydrogen-bond acceptors (Lipinski definition) is 5.